The van der Waals surface area contributed by atoms with E-state index in [-0.39, 0.29) is 18.0 Å². The standard InChI is InChI=1S/C28H27BrN2O3.C14H16N2O2/c1-2-33-28(32)20-13-16-26-25(17-20)30-27(31(26)22-8-4-3-5-9-22)19-11-14-23(15-12-19)34-24-10-6-7-21(29)18-24;17-14(18-11-4-2-1-3-5-11)10-6-7-12-13(8-10)16-9-15-12/h6-7,10-18,22H,2-5,8-9H2,1H3;6-9,11H,1-5H2,(H,15,16). The van der Waals surface area contributed by atoms with Crippen LogP contribution in [0.2, 0.25) is 0 Å². The lowest BCUT2D eigenvalue weighted by atomic mass is 9.95. The molecule has 0 amide bonds. The molecule has 2 saturated carbocycles. The number of esters is 2. The highest BCUT2D eigenvalue weighted by Gasteiger charge is 2.23. The summed E-state index contributed by atoms with van der Waals surface area (Å²) in [5.74, 6) is 1.94. The maximum absolute atomic E-state index is 12.3. The van der Waals surface area contributed by atoms with Crippen molar-refractivity contribution in [2.24, 2.45) is 0 Å². The second kappa shape index (κ2) is 16.6. The monoisotopic (exact) mass is 762 g/mol. The molecule has 2 fully saturated rings. The molecule has 2 aliphatic carbocycles. The molecule has 1 N–H and O–H groups in total. The largest absolute Gasteiger partial charge is 0.462 e. The molecular formula is C42H43BrN4O5. The average Bonchev–Trinajstić information content (AvgIpc) is 3.81. The van der Waals surface area contributed by atoms with Crippen molar-refractivity contribution in [3.8, 4) is 22.9 Å². The highest BCUT2D eigenvalue weighted by atomic mass is 79.9. The first-order chi connectivity index (χ1) is 25.4. The topological polar surface area (TPSA) is 108 Å². The van der Waals surface area contributed by atoms with Gasteiger partial charge in [0.2, 0.25) is 0 Å². The quantitative estimate of drug-likeness (QED) is 0.154. The van der Waals surface area contributed by atoms with Gasteiger partial charge in [0.05, 0.1) is 46.1 Å². The number of hydrogen-bond donors (Lipinski definition) is 1. The summed E-state index contributed by atoms with van der Waals surface area (Å²) in [7, 11) is 0. The van der Waals surface area contributed by atoms with Crippen molar-refractivity contribution in [3.05, 3.63) is 107 Å². The van der Waals surface area contributed by atoms with Crippen LogP contribution in [0.3, 0.4) is 0 Å². The SMILES string of the molecule is CCOC(=O)c1ccc2c(c1)nc(-c1ccc(Oc3cccc(Br)c3)cc1)n2C1CCCCC1.O=C(OC1CCCCC1)c1ccc2nc[nH]c2c1. The molecule has 52 heavy (non-hydrogen) atoms. The van der Waals surface area contributed by atoms with E-state index in [1.807, 2.05) is 67.6 Å². The zero-order valence-electron chi connectivity index (χ0n) is 29.4. The molecule has 0 saturated heterocycles. The van der Waals surface area contributed by atoms with E-state index in [2.05, 4.69) is 42.6 Å². The zero-order chi connectivity index (χ0) is 35.9. The fraction of sp³-hybridized carbons (Fsp3) is 0.333. The van der Waals surface area contributed by atoms with Crippen molar-refractivity contribution in [2.75, 3.05) is 6.61 Å². The zero-order valence-corrected chi connectivity index (χ0v) is 30.9. The van der Waals surface area contributed by atoms with Gasteiger partial charge >= 0.3 is 11.9 Å². The molecule has 2 aromatic heterocycles. The van der Waals surface area contributed by atoms with Gasteiger partial charge in [-0.1, -0.05) is 47.7 Å². The van der Waals surface area contributed by atoms with E-state index >= 15 is 0 Å². The molecule has 10 heteroatoms. The van der Waals surface area contributed by atoms with Crippen LogP contribution in [0, 0.1) is 0 Å². The normalized spacial score (nSPS) is 15.2. The Hall–Kier alpha value is -4.96. The first kappa shape index (κ1) is 35.4. The Bertz CT molecular complexity index is 2150. The number of carbonyl (C=O) groups is 2. The predicted octanol–water partition coefficient (Wildman–Crippen LogP) is 11.0. The number of benzene rings is 4. The van der Waals surface area contributed by atoms with E-state index in [4.69, 9.17) is 19.2 Å². The van der Waals surface area contributed by atoms with E-state index in [9.17, 15) is 9.59 Å². The summed E-state index contributed by atoms with van der Waals surface area (Å²) in [6, 6.07) is 27.4. The van der Waals surface area contributed by atoms with Crippen LogP contribution in [-0.2, 0) is 9.47 Å². The summed E-state index contributed by atoms with van der Waals surface area (Å²) in [6.07, 6.45) is 13.3. The number of imidazole rings is 2. The highest BCUT2D eigenvalue weighted by molar-refractivity contribution is 9.10. The third kappa shape index (κ3) is 8.39. The number of fused-ring (bicyclic) bond motifs is 2. The number of halogens is 1. The molecular weight excluding hydrogens is 720 g/mol. The van der Waals surface area contributed by atoms with Gasteiger partial charge in [-0.3, -0.25) is 0 Å². The van der Waals surface area contributed by atoms with Gasteiger partial charge in [-0.05, 0) is 124 Å². The van der Waals surface area contributed by atoms with E-state index in [0.29, 0.717) is 23.8 Å². The summed E-state index contributed by atoms with van der Waals surface area (Å²) in [5, 5.41) is 0. The lowest BCUT2D eigenvalue weighted by molar-refractivity contribution is 0.0211. The Kier molecular flexibility index (Phi) is 11.3. The van der Waals surface area contributed by atoms with Gasteiger partial charge in [-0.25, -0.2) is 19.6 Å². The highest BCUT2D eigenvalue weighted by Crippen LogP contribution is 2.37. The van der Waals surface area contributed by atoms with E-state index < -0.39 is 0 Å². The van der Waals surface area contributed by atoms with Crippen LogP contribution in [-0.4, -0.2) is 44.2 Å². The average molecular weight is 764 g/mol. The molecule has 0 aliphatic heterocycles. The van der Waals surface area contributed by atoms with Crippen molar-refractivity contribution in [2.45, 2.75) is 83.3 Å². The van der Waals surface area contributed by atoms with Crippen LogP contribution in [0.25, 0.3) is 33.5 Å². The van der Waals surface area contributed by atoms with Gasteiger partial charge in [0.1, 0.15) is 23.4 Å². The number of hydrogen-bond acceptors (Lipinski definition) is 7. The van der Waals surface area contributed by atoms with Gasteiger partial charge in [0, 0.05) is 16.1 Å². The number of H-pyrrole nitrogens is 1. The smallest absolute Gasteiger partial charge is 0.338 e. The van der Waals surface area contributed by atoms with E-state index in [1.54, 1.807) is 18.5 Å². The molecule has 9 nitrogen and oxygen atoms in total. The number of carbonyl (C=O) groups excluding carboxylic acids is 2. The van der Waals surface area contributed by atoms with Crippen LogP contribution in [0.5, 0.6) is 11.5 Å². The Labute approximate surface area is 311 Å². The summed E-state index contributed by atoms with van der Waals surface area (Å²) in [5.41, 5.74) is 5.77. The van der Waals surface area contributed by atoms with Crippen LogP contribution in [0.1, 0.15) is 97.9 Å². The molecule has 2 heterocycles. The molecule has 0 radical (unpaired) electrons. The summed E-state index contributed by atoms with van der Waals surface area (Å²) < 4.78 is 20.1. The van der Waals surface area contributed by atoms with E-state index in [0.717, 1.165) is 88.0 Å². The number of ether oxygens (including phenoxy) is 3. The summed E-state index contributed by atoms with van der Waals surface area (Å²) >= 11 is 3.48. The molecule has 6 aromatic rings. The Morgan fingerprint density at radius 1 is 0.788 bits per heavy atom. The lowest BCUT2D eigenvalue weighted by Crippen LogP contribution is -2.20. The predicted molar refractivity (Wildman–Crippen MR) is 206 cm³/mol. The number of nitrogens with one attached hydrogen (secondary N) is 1. The third-order valence-corrected chi connectivity index (χ3v) is 10.3. The first-order valence-electron chi connectivity index (χ1n) is 18.3. The van der Waals surface area contributed by atoms with Crippen molar-refractivity contribution < 1.29 is 23.8 Å². The molecule has 2 aliphatic rings. The van der Waals surface area contributed by atoms with Gasteiger partial charge in [0.25, 0.3) is 0 Å². The van der Waals surface area contributed by atoms with Gasteiger partial charge < -0.3 is 23.8 Å². The van der Waals surface area contributed by atoms with Gasteiger partial charge in [-0.15, -0.1) is 0 Å². The van der Waals surface area contributed by atoms with Crippen molar-refractivity contribution in [1.82, 2.24) is 19.5 Å². The van der Waals surface area contributed by atoms with Crippen molar-refractivity contribution >= 4 is 49.9 Å². The second-order valence-corrected chi connectivity index (χ2v) is 14.3. The molecule has 8 rings (SSSR count). The molecule has 0 atom stereocenters. The van der Waals surface area contributed by atoms with Crippen LogP contribution >= 0.6 is 15.9 Å². The van der Waals surface area contributed by atoms with Gasteiger partial charge in [-0.2, -0.15) is 0 Å². The molecule has 0 unspecified atom stereocenters. The molecule has 4 aromatic carbocycles. The minimum absolute atomic E-state index is 0.101. The maximum Gasteiger partial charge on any atom is 0.338 e. The summed E-state index contributed by atoms with van der Waals surface area (Å²) in [4.78, 5) is 36.4. The van der Waals surface area contributed by atoms with E-state index in [1.165, 1.54) is 25.7 Å². The van der Waals surface area contributed by atoms with Crippen molar-refractivity contribution in [1.29, 1.82) is 0 Å². The van der Waals surface area contributed by atoms with Crippen LogP contribution in [0.4, 0.5) is 0 Å². The fourth-order valence-corrected chi connectivity index (χ4v) is 7.53. The minimum atomic E-state index is -0.313. The lowest BCUT2D eigenvalue weighted by Gasteiger charge is -2.25. The van der Waals surface area contributed by atoms with Crippen LogP contribution < -0.4 is 4.74 Å². The Morgan fingerprint density at radius 3 is 2.27 bits per heavy atom. The van der Waals surface area contributed by atoms with Crippen molar-refractivity contribution in [3.63, 3.8) is 0 Å². The Morgan fingerprint density at radius 2 is 1.52 bits per heavy atom. The summed E-state index contributed by atoms with van der Waals surface area (Å²) in [6.45, 7) is 2.17. The Balaban J connectivity index is 0.000000196. The molecule has 268 valence electrons. The first-order valence-corrected chi connectivity index (χ1v) is 19.1. The molecule has 0 bridgehead atoms. The second-order valence-electron chi connectivity index (χ2n) is 13.4. The van der Waals surface area contributed by atoms with Crippen LogP contribution in [0.15, 0.2) is 95.7 Å². The fourth-order valence-electron chi connectivity index (χ4n) is 7.16. The number of aromatic amines is 1. The molecule has 0 spiro atoms. The third-order valence-electron chi connectivity index (χ3n) is 9.77. The maximum atomic E-state index is 12.3. The minimum Gasteiger partial charge on any atom is -0.462 e. The number of nitrogens with zero attached hydrogens (tertiary/aromatic N) is 3. The number of aromatic nitrogens is 4. The number of rotatable bonds is 8. The van der Waals surface area contributed by atoms with Gasteiger partial charge in [0.15, 0.2) is 0 Å².